The van der Waals surface area contributed by atoms with Crippen molar-refractivity contribution >= 4 is 10.9 Å². The van der Waals surface area contributed by atoms with E-state index in [-0.39, 0.29) is 5.56 Å². The minimum absolute atomic E-state index is 0.137. The van der Waals surface area contributed by atoms with Gasteiger partial charge in [-0.15, -0.1) is 0 Å². The Morgan fingerprint density at radius 2 is 2.20 bits per heavy atom. The summed E-state index contributed by atoms with van der Waals surface area (Å²) in [4.78, 5) is 11.4. The molecule has 0 fully saturated rings. The third-order valence-corrected chi connectivity index (χ3v) is 2.36. The SMILES string of the molecule is COc1cc(CCN)cc2c(=O)[nH][nH]c12. The van der Waals surface area contributed by atoms with Crippen molar-refractivity contribution in [1.82, 2.24) is 10.2 Å². The Bertz CT molecular complexity index is 527. The highest BCUT2D eigenvalue weighted by atomic mass is 16.5. The summed E-state index contributed by atoms with van der Waals surface area (Å²) in [5, 5.41) is 5.92. The van der Waals surface area contributed by atoms with Gasteiger partial charge in [0.25, 0.3) is 5.56 Å². The molecule has 4 N–H and O–H groups in total. The Balaban J connectivity index is 2.68. The first-order valence-corrected chi connectivity index (χ1v) is 4.73. The van der Waals surface area contributed by atoms with Crippen molar-refractivity contribution < 1.29 is 4.74 Å². The zero-order valence-electron chi connectivity index (χ0n) is 8.46. The lowest BCUT2D eigenvalue weighted by Crippen LogP contribution is -2.04. The van der Waals surface area contributed by atoms with Gasteiger partial charge < -0.3 is 10.5 Å². The number of aromatic nitrogens is 2. The van der Waals surface area contributed by atoms with Gasteiger partial charge in [0.15, 0.2) is 0 Å². The lowest BCUT2D eigenvalue weighted by Gasteiger charge is -2.04. The summed E-state index contributed by atoms with van der Waals surface area (Å²) in [6.07, 6.45) is 0.733. The first-order chi connectivity index (χ1) is 7.26. The van der Waals surface area contributed by atoms with Crippen LogP contribution in [0, 0.1) is 0 Å². The number of H-pyrrole nitrogens is 2. The molecular formula is C10H13N3O2. The highest BCUT2D eigenvalue weighted by molar-refractivity contribution is 5.84. The van der Waals surface area contributed by atoms with Gasteiger partial charge in [0.1, 0.15) is 11.3 Å². The number of ether oxygens (including phenoxy) is 1. The van der Waals surface area contributed by atoms with Crippen molar-refractivity contribution in [3.8, 4) is 5.75 Å². The summed E-state index contributed by atoms with van der Waals surface area (Å²) < 4.78 is 5.20. The number of benzene rings is 1. The van der Waals surface area contributed by atoms with Crippen molar-refractivity contribution in [2.45, 2.75) is 6.42 Å². The third kappa shape index (κ3) is 1.61. The van der Waals surface area contributed by atoms with E-state index >= 15 is 0 Å². The van der Waals surface area contributed by atoms with Crippen LogP contribution < -0.4 is 16.0 Å². The fourth-order valence-corrected chi connectivity index (χ4v) is 1.64. The van der Waals surface area contributed by atoms with Crippen molar-refractivity contribution in [3.05, 3.63) is 28.0 Å². The molecule has 0 bridgehead atoms. The first kappa shape index (κ1) is 9.79. The molecule has 1 aromatic heterocycles. The second kappa shape index (κ2) is 3.78. The minimum Gasteiger partial charge on any atom is -0.494 e. The van der Waals surface area contributed by atoms with Crippen LogP contribution in [0.1, 0.15) is 5.56 Å². The Morgan fingerprint density at radius 3 is 2.87 bits per heavy atom. The van der Waals surface area contributed by atoms with Gasteiger partial charge in [0.05, 0.1) is 12.5 Å². The largest absolute Gasteiger partial charge is 0.494 e. The molecular weight excluding hydrogens is 194 g/mol. The molecule has 2 aromatic rings. The minimum atomic E-state index is -0.137. The monoisotopic (exact) mass is 207 g/mol. The Labute approximate surface area is 86.2 Å². The van der Waals surface area contributed by atoms with E-state index < -0.39 is 0 Å². The van der Waals surface area contributed by atoms with Crippen molar-refractivity contribution in [2.75, 3.05) is 13.7 Å². The molecule has 0 unspecified atom stereocenters. The molecule has 80 valence electrons. The molecule has 5 nitrogen and oxygen atoms in total. The molecule has 15 heavy (non-hydrogen) atoms. The summed E-state index contributed by atoms with van der Waals surface area (Å²) >= 11 is 0. The van der Waals surface area contributed by atoms with Crippen LogP contribution in [0.25, 0.3) is 10.9 Å². The number of hydrogen-bond donors (Lipinski definition) is 3. The van der Waals surface area contributed by atoms with Crippen LogP contribution in [0.4, 0.5) is 0 Å². The quantitative estimate of drug-likeness (QED) is 0.679. The maximum atomic E-state index is 11.4. The number of hydrogen-bond acceptors (Lipinski definition) is 3. The van der Waals surface area contributed by atoms with Gasteiger partial charge in [-0.25, -0.2) is 0 Å². The predicted molar refractivity (Wildman–Crippen MR) is 58.2 cm³/mol. The fraction of sp³-hybridized carbons (Fsp3) is 0.300. The number of nitrogens with one attached hydrogen (secondary N) is 2. The second-order valence-electron chi connectivity index (χ2n) is 3.34. The molecule has 0 amide bonds. The van der Waals surface area contributed by atoms with E-state index in [4.69, 9.17) is 10.5 Å². The summed E-state index contributed by atoms with van der Waals surface area (Å²) in [6, 6.07) is 3.72. The molecule has 1 heterocycles. The van der Waals surface area contributed by atoms with Crippen LogP contribution in [0.3, 0.4) is 0 Å². The van der Waals surface area contributed by atoms with E-state index in [2.05, 4.69) is 10.2 Å². The van der Waals surface area contributed by atoms with Crippen LogP contribution in [-0.2, 0) is 6.42 Å². The topological polar surface area (TPSA) is 83.9 Å². The smallest absolute Gasteiger partial charge is 0.271 e. The number of rotatable bonds is 3. The molecule has 0 saturated carbocycles. The van der Waals surface area contributed by atoms with Crippen LogP contribution in [0.15, 0.2) is 16.9 Å². The molecule has 5 heteroatoms. The van der Waals surface area contributed by atoms with Gasteiger partial charge in [-0.05, 0) is 30.7 Å². The maximum absolute atomic E-state index is 11.4. The molecule has 0 atom stereocenters. The van der Waals surface area contributed by atoms with Crippen LogP contribution in [0.2, 0.25) is 0 Å². The standard InChI is InChI=1S/C10H13N3O2/c1-15-8-5-6(2-3-11)4-7-9(8)12-13-10(7)14/h4-5H,2-3,11H2,1H3,(H2,12,13,14). The zero-order valence-corrected chi connectivity index (χ0v) is 8.46. The highest BCUT2D eigenvalue weighted by Gasteiger charge is 2.08. The summed E-state index contributed by atoms with van der Waals surface area (Å²) in [7, 11) is 1.58. The molecule has 0 radical (unpaired) electrons. The second-order valence-corrected chi connectivity index (χ2v) is 3.34. The van der Waals surface area contributed by atoms with Gasteiger partial charge in [0, 0.05) is 0 Å². The Kier molecular flexibility index (Phi) is 2.47. The lowest BCUT2D eigenvalue weighted by molar-refractivity contribution is 0.418. The van der Waals surface area contributed by atoms with Crippen molar-refractivity contribution in [1.29, 1.82) is 0 Å². The highest BCUT2D eigenvalue weighted by Crippen LogP contribution is 2.23. The molecule has 0 aliphatic carbocycles. The molecule has 1 aromatic carbocycles. The van der Waals surface area contributed by atoms with Gasteiger partial charge in [-0.1, -0.05) is 0 Å². The average molecular weight is 207 g/mol. The van der Waals surface area contributed by atoms with Gasteiger partial charge in [0.2, 0.25) is 0 Å². The Morgan fingerprint density at radius 1 is 1.40 bits per heavy atom. The normalized spacial score (nSPS) is 10.8. The van der Waals surface area contributed by atoms with Crippen LogP contribution >= 0.6 is 0 Å². The first-order valence-electron chi connectivity index (χ1n) is 4.73. The zero-order chi connectivity index (χ0) is 10.8. The fourth-order valence-electron chi connectivity index (χ4n) is 1.64. The van der Waals surface area contributed by atoms with E-state index in [1.54, 1.807) is 7.11 Å². The lowest BCUT2D eigenvalue weighted by atomic mass is 10.1. The van der Waals surface area contributed by atoms with Gasteiger partial charge in [-0.2, -0.15) is 0 Å². The van der Waals surface area contributed by atoms with Crippen molar-refractivity contribution in [2.24, 2.45) is 5.73 Å². The van der Waals surface area contributed by atoms with Gasteiger partial charge in [-0.3, -0.25) is 15.0 Å². The van der Waals surface area contributed by atoms with E-state index in [9.17, 15) is 4.79 Å². The third-order valence-electron chi connectivity index (χ3n) is 2.36. The number of aromatic amines is 2. The van der Waals surface area contributed by atoms with E-state index in [0.29, 0.717) is 23.2 Å². The van der Waals surface area contributed by atoms with E-state index in [1.165, 1.54) is 0 Å². The van der Waals surface area contributed by atoms with Crippen molar-refractivity contribution in [3.63, 3.8) is 0 Å². The maximum Gasteiger partial charge on any atom is 0.271 e. The van der Waals surface area contributed by atoms with Crippen LogP contribution in [0.5, 0.6) is 5.75 Å². The predicted octanol–water partition coefficient (Wildman–Crippen LogP) is 0.366. The van der Waals surface area contributed by atoms with Crippen LogP contribution in [-0.4, -0.2) is 23.9 Å². The summed E-state index contributed by atoms with van der Waals surface area (Å²) in [6.45, 7) is 0.553. The molecule has 2 rings (SSSR count). The molecule has 0 aliphatic heterocycles. The molecule has 0 spiro atoms. The van der Waals surface area contributed by atoms with E-state index in [0.717, 1.165) is 12.0 Å². The molecule has 0 aliphatic rings. The number of fused-ring (bicyclic) bond motifs is 1. The number of nitrogens with two attached hydrogens (primary N) is 1. The van der Waals surface area contributed by atoms with Gasteiger partial charge >= 0.3 is 0 Å². The number of methoxy groups -OCH3 is 1. The Hall–Kier alpha value is -1.75. The summed E-state index contributed by atoms with van der Waals surface area (Å²) in [5.74, 6) is 0.661. The summed E-state index contributed by atoms with van der Waals surface area (Å²) in [5.41, 5.74) is 7.04. The average Bonchev–Trinajstić information content (AvgIpc) is 2.60. The molecule has 0 saturated heterocycles. The van der Waals surface area contributed by atoms with E-state index in [1.807, 2.05) is 12.1 Å².